The molecule has 0 saturated carbocycles. The van der Waals surface area contributed by atoms with Crippen LogP contribution in [0.15, 0.2) is 30.5 Å². The molecule has 0 aliphatic rings. The lowest BCUT2D eigenvalue weighted by Gasteiger charge is -2.31. The molecule has 2 aromatic rings. The van der Waals surface area contributed by atoms with Crippen LogP contribution in [0.1, 0.15) is 47.1 Å². The van der Waals surface area contributed by atoms with Crippen LogP contribution in [0.4, 0.5) is 0 Å². The van der Waals surface area contributed by atoms with E-state index in [1.807, 2.05) is 39.1 Å². The summed E-state index contributed by atoms with van der Waals surface area (Å²) in [4.78, 5) is 16.1. The molecule has 3 heteroatoms. The molecule has 0 fully saturated rings. The van der Waals surface area contributed by atoms with Crippen LogP contribution in [0.25, 0.3) is 10.9 Å². The molecule has 0 radical (unpaired) electrons. The molecule has 0 amide bonds. The maximum Gasteiger partial charge on any atom is 0.155 e. The molecule has 2 rings (SSSR count). The van der Waals surface area contributed by atoms with Crippen LogP contribution < -0.4 is 5.32 Å². The van der Waals surface area contributed by atoms with Crippen molar-refractivity contribution < 1.29 is 4.79 Å². The molecule has 120 valence electrons. The average molecular weight is 300 g/mol. The van der Waals surface area contributed by atoms with Crippen molar-refractivity contribution in [1.29, 1.82) is 0 Å². The highest BCUT2D eigenvalue weighted by atomic mass is 16.1. The zero-order chi connectivity index (χ0) is 16.5. The van der Waals surface area contributed by atoms with Crippen molar-refractivity contribution in [3.05, 3.63) is 36.0 Å². The summed E-state index contributed by atoms with van der Waals surface area (Å²) in [6.45, 7) is 12.3. The summed E-state index contributed by atoms with van der Waals surface area (Å²) in [7, 11) is 0. The maximum atomic E-state index is 12.8. The van der Waals surface area contributed by atoms with Crippen molar-refractivity contribution in [3.8, 4) is 0 Å². The Morgan fingerprint density at radius 2 is 1.77 bits per heavy atom. The van der Waals surface area contributed by atoms with Gasteiger partial charge in [0.2, 0.25) is 0 Å². The largest absolute Gasteiger partial charge is 0.361 e. The molecule has 0 aliphatic heterocycles. The highest BCUT2D eigenvalue weighted by molar-refractivity contribution is 5.90. The van der Waals surface area contributed by atoms with Gasteiger partial charge in [0.15, 0.2) is 5.78 Å². The second-order valence-corrected chi connectivity index (χ2v) is 8.12. The van der Waals surface area contributed by atoms with Gasteiger partial charge in [0, 0.05) is 28.1 Å². The normalized spacial score (nSPS) is 14.3. The Kier molecular flexibility index (Phi) is 4.48. The van der Waals surface area contributed by atoms with E-state index in [9.17, 15) is 4.79 Å². The fourth-order valence-electron chi connectivity index (χ4n) is 2.78. The third-order valence-corrected chi connectivity index (χ3v) is 3.76. The number of hydrogen-bond donors (Lipinski definition) is 2. The second-order valence-electron chi connectivity index (χ2n) is 8.12. The highest BCUT2D eigenvalue weighted by Gasteiger charge is 2.32. The Morgan fingerprint density at radius 3 is 2.36 bits per heavy atom. The van der Waals surface area contributed by atoms with Crippen LogP contribution in [0.5, 0.6) is 0 Å². The zero-order valence-electron chi connectivity index (χ0n) is 14.6. The van der Waals surface area contributed by atoms with E-state index >= 15 is 0 Å². The van der Waals surface area contributed by atoms with Gasteiger partial charge >= 0.3 is 0 Å². The number of carbonyl (C=O) groups excluding carboxylic acids is 1. The first-order valence-corrected chi connectivity index (χ1v) is 7.95. The number of H-pyrrole nitrogens is 1. The van der Waals surface area contributed by atoms with Crippen molar-refractivity contribution in [2.75, 3.05) is 0 Å². The Bertz CT molecular complexity index is 656. The van der Waals surface area contributed by atoms with Gasteiger partial charge in [0.1, 0.15) is 0 Å². The van der Waals surface area contributed by atoms with E-state index in [2.05, 4.69) is 43.2 Å². The molecule has 0 bridgehead atoms. The van der Waals surface area contributed by atoms with Crippen molar-refractivity contribution in [2.24, 2.45) is 5.41 Å². The van der Waals surface area contributed by atoms with Crippen LogP contribution in [-0.2, 0) is 11.2 Å². The van der Waals surface area contributed by atoms with E-state index < -0.39 is 0 Å². The summed E-state index contributed by atoms with van der Waals surface area (Å²) in [6, 6.07) is 8.05. The average Bonchev–Trinajstić information content (AvgIpc) is 2.78. The quantitative estimate of drug-likeness (QED) is 0.893. The van der Waals surface area contributed by atoms with Crippen LogP contribution in [0.3, 0.4) is 0 Å². The van der Waals surface area contributed by atoms with E-state index in [4.69, 9.17) is 0 Å². The number of benzene rings is 1. The van der Waals surface area contributed by atoms with Gasteiger partial charge in [0.25, 0.3) is 0 Å². The monoisotopic (exact) mass is 300 g/mol. The van der Waals surface area contributed by atoms with E-state index in [1.165, 1.54) is 10.9 Å². The Hall–Kier alpha value is -1.61. The minimum atomic E-state index is -0.352. The van der Waals surface area contributed by atoms with Crippen molar-refractivity contribution in [2.45, 2.75) is 59.5 Å². The minimum Gasteiger partial charge on any atom is -0.361 e. The Balaban J connectivity index is 2.32. The molecule has 1 aromatic heterocycles. The smallest absolute Gasteiger partial charge is 0.155 e. The van der Waals surface area contributed by atoms with Crippen LogP contribution in [-0.4, -0.2) is 22.3 Å². The van der Waals surface area contributed by atoms with E-state index in [1.54, 1.807) is 0 Å². The first-order chi connectivity index (χ1) is 10.1. The van der Waals surface area contributed by atoms with Gasteiger partial charge in [0.05, 0.1) is 6.04 Å². The molecular formula is C19H28N2O. The summed E-state index contributed by atoms with van der Waals surface area (Å²) >= 11 is 0. The predicted molar refractivity (Wildman–Crippen MR) is 93.1 cm³/mol. The molecule has 3 nitrogen and oxygen atoms in total. The number of rotatable bonds is 4. The number of hydrogen-bond acceptors (Lipinski definition) is 2. The first kappa shape index (κ1) is 16.8. The second kappa shape index (κ2) is 5.88. The highest BCUT2D eigenvalue weighted by Crippen LogP contribution is 2.24. The number of carbonyl (C=O) groups is 1. The molecule has 22 heavy (non-hydrogen) atoms. The number of ketones is 1. The van der Waals surface area contributed by atoms with E-state index in [-0.39, 0.29) is 22.8 Å². The Labute approximate surface area is 133 Å². The third-order valence-electron chi connectivity index (χ3n) is 3.76. The molecule has 1 atom stereocenters. The standard InChI is InChI=1S/C19H28N2O/c1-18(2,3)17(22)16(21-19(4,5)6)11-13-12-20-15-10-8-7-9-14(13)15/h7-10,12,16,20-21H,11H2,1-6H3/t16-/m0/s1. The number of nitrogens with one attached hydrogen (secondary N) is 2. The van der Waals surface area contributed by atoms with Gasteiger partial charge in [-0.2, -0.15) is 0 Å². The third kappa shape index (κ3) is 3.98. The van der Waals surface area contributed by atoms with Crippen LogP contribution in [0.2, 0.25) is 0 Å². The van der Waals surface area contributed by atoms with Gasteiger partial charge in [-0.3, -0.25) is 4.79 Å². The molecular weight excluding hydrogens is 272 g/mol. The molecule has 0 spiro atoms. The topological polar surface area (TPSA) is 44.9 Å². The summed E-state index contributed by atoms with van der Waals surface area (Å²) in [5.74, 6) is 0.257. The number of aromatic nitrogens is 1. The van der Waals surface area contributed by atoms with Crippen molar-refractivity contribution >= 4 is 16.7 Å². The lowest BCUT2D eigenvalue weighted by molar-refractivity contribution is -0.128. The van der Waals surface area contributed by atoms with Crippen molar-refractivity contribution in [1.82, 2.24) is 10.3 Å². The van der Waals surface area contributed by atoms with Gasteiger partial charge in [-0.1, -0.05) is 39.0 Å². The summed E-state index contributed by atoms with van der Waals surface area (Å²) in [5, 5.41) is 4.70. The zero-order valence-corrected chi connectivity index (χ0v) is 14.6. The molecule has 0 aliphatic carbocycles. The SMILES string of the molecule is CC(C)(C)N[C@@H](Cc1c[nH]c2ccccc12)C(=O)C(C)(C)C. The number of aromatic amines is 1. The summed E-state index contributed by atoms with van der Waals surface area (Å²) < 4.78 is 0. The lowest BCUT2D eigenvalue weighted by Crippen LogP contribution is -2.51. The number of Topliss-reactive ketones (excluding diaryl/α,β-unsaturated/α-hetero) is 1. The molecule has 0 saturated heterocycles. The summed E-state index contributed by atoms with van der Waals surface area (Å²) in [5.41, 5.74) is 1.86. The minimum absolute atomic E-state index is 0.0995. The molecule has 0 unspecified atom stereocenters. The fourth-order valence-corrected chi connectivity index (χ4v) is 2.78. The van der Waals surface area contributed by atoms with Gasteiger partial charge < -0.3 is 10.3 Å². The Morgan fingerprint density at radius 1 is 1.14 bits per heavy atom. The van der Waals surface area contributed by atoms with Crippen LogP contribution >= 0.6 is 0 Å². The molecule has 1 aromatic carbocycles. The van der Waals surface area contributed by atoms with Gasteiger partial charge in [-0.05, 0) is 38.8 Å². The van der Waals surface area contributed by atoms with Gasteiger partial charge in [-0.25, -0.2) is 0 Å². The van der Waals surface area contributed by atoms with Crippen LogP contribution in [0, 0.1) is 5.41 Å². The predicted octanol–water partition coefficient (Wildman–Crippen LogP) is 4.08. The maximum absolute atomic E-state index is 12.8. The number of fused-ring (bicyclic) bond motifs is 1. The summed E-state index contributed by atoms with van der Waals surface area (Å²) in [6.07, 6.45) is 2.73. The fraction of sp³-hybridized carbons (Fsp3) is 0.526. The van der Waals surface area contributed by atoms with E-state index in [0.29, 0.717) is 6.42 Å². The first-order valence-electron chi connectivity index (χ1n) is 7.95. The lowest BCUT2D eigenvalue weighted by atomic mass is 9.83. The number of para-hydroxylation sites is 1. The van der Waals surface area contributed by atoms with E-state index in [0.717, 1.165) is 5.52 Å². The molecule has 2 N–H and O–H groups in total. The molecule has 1 heterocycles. The van der Waals surface area contributed by atoms with Gasteiger partial charge in [-0.15, -0.1) is 0 Å². The van der Waals surface area contributed by atoms with Crippen molar-refractivity contribution in [3.63, 3.8) is 0 Å².